The minimum atomic E-state index is -4.39. The van der Waals surface area contributed by atoms with Gasteiger partial charge in [0.05, 0.1) is 27.1 Å². The smallest absolute Gasteiger partial charge is 0.299 e. The van der Waals surface area contributed by atoms with Gasteiger partial charge in [-0.1, -0.05) is 23.1 Å². The van der Waals surface area contributed by atoms with Crippen LogP contribution >= 0.6 is 45.7 Å². The van der Waals surface area contributed by atoms with Gasteiger partial charge >= 0.3 is 0 Å². The Kier molecular flexibility index (Phi) is 9.07. The number of nitrogens with zero attached hydrogens (tertiary/aromatic N) is 2. The largest absolute Gasteiger partial charge is 0.748 e. The van der Waals surface area contributed by atoms with Gasteiger partial charge in [0.1, 0.15) is 10.5 Å². The lowest BCUT2D eigenvalue weighted by atomic mass is 10.2. The number of anilines is 1. The van der Waals surface area contributed by atoms with Crippen molar-refractivity contribution in [2.45, 2.75) is 24.8 Å². The number of halogens is 2. The maximum atomic E-state index is 14.0. The first-order valence-electron chi connectivity index (χ1n) is 11.4. The highest BCUT2D eigenvalue weighted by molar-refractivity contribution is 14.1. The summed E-state index contributed by atoms with van der Waals surface area (Å²) in [7, 11) is -8.11. The number of hydrogen-bond acceptors (Lipinski definition) is 9. The van der Waals surface area contributed by atoms with E-state index in [1.807, 2.05) is 42.0 Å². The molecule has 0 unspecified atom stereocenters. The number of carbonyl (C=O) groups excluding carboxylic acids is 1. The van der Waals surface area contributed by atoms with Crippen LogP contribution in [0.15, 0.2) is 58.0 Å². The number of carbonyl (C=O) groups is 1. The molecule has 0 radical (unpaired) electrons. The second kappa shape index (κ2) is 11.8. The Balaban J connectivity index is 1.70. The zero-order valence-electron chi connectivity index (χ0n) is 20.7. The molecule has 208 valence electrons. The average Bonchev–Trinajstić information content (AvgIpc) is 3.29. The molecule has 0 aliphatic carbocycles. The van der Waals surface area contributed by atoms with Crippen LogP contribution in [0.5, 0.6) is 0 Å². The number of allylic oxidation sites excluding steroid dienone is 2. The molecule has 9 nitrogen and oxygen atoms in total. The van der Waals surface area contributed by atoms with E-state index in [9.17, 15) is 30.6 Å². The topological polar surface area (TPSA) is 128 Å². The first-order valence-corrected chi connectivity index (χ1v) is 17.6. The summed E-state index contributed by atoms with van der Waals surface area (Å²) in [6.07, 6.45) is 4.72. The van der Waals surface area contributed by atoms with E-state index in [1.54, 1.807) is 15.5 Å². The molecule has 4 rings (SSSR count). The lowest BCUT2D eigenvalue weighted by Gasteiger charge is -2.21. The van der Waals surface area contributed by atoms with E-state index >= 15 is 0 Å². The second-order valence-corrected chi connectivity index (χ2v) is 15.4. The van der Waals surface area contributed by atoms with Gasteiger partial charge in [0.25, 0.3) is 10.9 Å². The molecule has 1 aliphatic rings. The Hall–Kier alpha value is -2.05. The van der Waals surface area contributed by atoms with Crippen molar-refractivity contribution in [3.63, 3.8) is 0 Å². The number of rotatable bonds is 9. The van der Waals surface area contributed by atoms with Crippen molar-refractivity contribution in [3.05, 3.63) is 67.5 Å². The van der Waals surface area contributed by atoms with E-state index < -0.39 is 37.6 Å². The number of thiazole rings is 1. The molecule has 0 spiro atoms. The van der Waals surface area contributed by atoms with Crippen LogP contribution in [0.4, 0.5) is 10.1 Å². The summed E-state index contributed by atoms with van der Waals surface area (Å²) in [6.45, 7) is 1.85. The van der Waals surface area contributed by atoms with Crippen molar-refractivity contribution in [3.8, 4) is 0 Å². The first kappa shape index (κ1) is 29.9. The van der Waals surface area contributed by atoms with Crippen LogP contribution < -0.4 is 14.2 Å². The molecule has 1 amide bonds. The van der Waals surface area contributed by atoms with Gasteiger partial charge in [-0.15, -0.1) is 0 Å². The summed E-state index contributed by atoms with van der Waals surface area (Å²) in [5.74, 6) is -1.63. The molecule has 3 aromatic rings. The summed E-state index contributed by atoms with van der Waals surface area (Å²) < 4.78 is 76.1. The number of hydrogen-bond donors (Lipinski definition) is 1. The molecule has 0 fully saturated rings. The van der Waals surface area contributed by atoms with E-state index in [-0.39, 0.29) is 19.5 Å². The van der Waals surface area contributed by atoms with Crippen molar-refractivity contribution < 1.29 is 35.1 Å². The Morgan fingerprint density at radius 1 is 1.21 bits per heavy atom. The van der Waals surface area contributed by atoms with Crippen molar-refractivity contribution in [1.82, 2.24) is 4.72 Å². The highest BCUT2D eigenvalue weighted by atomic mass is 127. The number of benzene rings is 2. The predicted molar refractivity (Wildman–Crippen MR) is 158 cm³/mol. The Morgan fingerprint density at radius 2 is 1.95 bits per heavy atom. The normalized spacial score (nSPS) is 15.3. The van der Waals surface area contributed by atoms with Crippen LogP contribution in [-0.2, 0) is 31.5 Å². The molecule has 1 aromatic heterocycles. The van der Waals surface area contributed by atoms with Crippen LogP contribution in [0.3, 0.4) is 0 Å². The van der Waals surface area contributed by atoms with Crippen LogP contribution in [-0.4, -0.2) is 45.8 Å². The van der Waals surface area contributed by atoms with E-state index in [4.69, 9.17) is 0 Å². The van der Waals surface area contributed by atoms with Crippen molar-refractivity contribution in [2.75, 3.05) is 23.5 Å². The van der Waals surface area contributed by atoms with Gasteiger partial charge in [0, 0.05) is 32.9 Å². The number of thioether (sulfide) groups is 1. The zero-order chi connectivity index (χ0) is 28.5. The maximum absolute atomic E-state index is 14.0. The number of nitrogens with one attached hydrogen (secondary N) is 1. The Morgan fingerprint density at radius 3 is 2.64 bits per heavy atom. The van der Waals surface area contributed by atoms with Gasteiger partial charge in [0.15, 0.2) is 0 Å². The van der Waals surface area contributed by atoms with Crippen molar-refractivity contribution >= 4 is 93.7 Å². The highest BCUT2D eigenvalue weighted by Crippen LogP contribution is 2.46. The second-order valence-electron chi connectivity index (χ2n) is 8.79. The molecule has 2 aromatic carbocycles. The molecule has 1 N–H and O–H groups in total. The lowest BCUT2D eigenvalue weighted by molar-refractivity contribution is -0.655. The summed E-state index contributed by atoms with van der Waals surface area (Å²) in [5.41, 5.74) is 2.15. The third-order valence-corrected chi connectivity index (χ3v) is 9.75. The van der Waals surface area contributed by atoms with Crippen LogP contribution in [0.25, 0.3) is 16.3 Å². The number of fused-ring (bicyclic) bond motifs is 2. The van der Waals surface area contributed by atoms with E-state index in [2.05, 4.69) is 22.6 Å². The Labute approximate surface area is 247 Å². The van der Waals surface area contributed by atoms with E-state index in [0.717, 1.165) is 35.5 Å². The molecule has 0 bridgehead atoms. The highest BCUT2D eigenvalue weighted by Gasteiger charge is 2.27. The number of aromatic nitrogens is 1. The molecular formula is C24H23FIN3O6S4. The standard InChI is InChI=1S/C24H23FIN3O6S4/c1-15(10-23-28(8-3-9-39(33,34)35)18-12-16(25)4-6-20(18)36-23)11-24-29(14-22(30)27-38(2,31)32)19-13-17(26)5-7-21(19)37-24/h4-7,10-13H,3,8-9,14H2,1-2H3,(H-,27,30,33,34,35). The maximum Gasteiger partial charge on any atom is 0.299 e. The summed E-state index contributed by atoms with van der Waals surface area (Å²) >= 11 is 5.00. The quantitative estimate of drug-likeness (QED) is 0.201. The van der Waals surface area contributed by atoms with Crippen LogP contribution in [0.2, 0.25) is 0 Å². The predicted octanol–water partition coefficient (Wildman–Crippen LogP) is 3.80. The zero-order valence-corrected chi connectivity index (χ0v) is 26.1. The van der Waals surface area contributed by atoms with Gasteiger partial charge < -0.3 is 9.45 Å². The average molecular weight is 724 g/mol. The van der Waals surface area contributed by atoms with Gasteiger partial charge in [-0.3, -0.25) is 4.79 Å². The van der Waals surface area contributed by atoms with Gasteiger partial charge in [-0.2, -0.15) is 4.57 Å². The van der Waals surface area contributed by atoms with Gasteiger partial charge in [-0.25, -0.2) is 25.9 Å². The fraction of sp³-hybridized carbons (Fsp3) is 0.250. The number of sulfonamides is 1. The summed E-state index contributed by atoms with van der Waals surface area (Å²) in [4.78, 5) is 15.1. The van der Waals surface area contributed by atoms with E-state index in [0.29, 0.717) is 10.7 Å². The lowest BCUT2D eigenvalue weighted by Crippen LogP contribution is -2.45. The summed E-state index contributed by atoms with van der Waals surface area (Å²) in [5, 5.41) is 1.44. The van der Waals surface area contributed by atoms with Gasteiger partial charge in [-0.05, 0) is 77.9 Å². The molecule has 1 aliphatic heterocycles. The minimum absolute atomic E-state index is 0.0762. The van der Waals surface area contributed by atoms with Crippen molar-refractivity contribution in [1.29, 1.82) is 0 Å². The molecule has 0 saturated heterocycles. The molecule has 15 heteroatoms. The minimum Gasteiger partial charge on any atom is -0.748 e. The van der Waals surface area contributed by atoms with Gasteiger partial charge in [0.2, 0.25) is 22.1 Å². The van der Waals surface area contributed by atoms with Crippen LogP contribution in [0.1, 0.15) is 18.4 Å². The third-order valence-electron chi connectivity index (χ3n) is 5.46. The number of amides is 1. The molecule has 0 saturated carbocycles. The molecule has 0 atom stereocenters. The fourth-order valence-corrected chi connectivity index (χ4v) is 7.74. The van der Waals surface area contributed by atoms with Crippen LogP contribution in [0, 0.1) is 9.39 Å². The van der Waals surface area contributed by atoms with Crippen molar-refractivity contribution in [2.24, 2.45) is 0 Å². The summed E-state index contributed by atoms with van der Waals surface area (Å²) in [6, 6.07) is 10.1. The molecule has 39 heavy (non-hydrogen) atoms. The fourth-order valence-electron chi connectivity index (χ4n) is 3.97. The molecule has 2 heterocycles. The third kappa shape index (κ3) is 8.00. The SMILES string of the molecule is CC(=Cc1sc2ccc(I)cc2[n+]1CC(=O)NS(C)(=O)=O)C=C1Sc2ccc(F)cc2N1CCCS(=O)(=O)[O-]. The molecular weight excluding hydrogens is 700 g/mol. The van der Waals surface area contributed by atoms with E-state index in [1.165, 1.54) is 35.2 Å². The monoisotopic (exact) mass is 723 g/mol. The Bertz CT molecular complexity index is 1740. The first-order chi connectivity index (χ1) is 18.2.